The van der Waals surface area contributed by atoms with Gasteiger partial charge in [-0.2, -0.15) is 0 Å². The molecule has 9 heteroatoms. The molecule has 4 rings (SSSR count). The number of fused-ring (bicyclic) bond motifs is 1. The van der Waals surface area contributed by atoms with Crippen molar-refractivity contribution in [1.29, 1.82) is 0 Å². The van der Waals surface area contributed by atoms with Crippen molar-refractivity contribution in [1.82, 2.24) is 10.3 Å². The van der Waals surface area contributed by atoms with Crippen LogP contribution in [0.3, 0.4) is 0 Å². The summed E-state index contributed by atoms with van der Waals surface area (Å²) >= 11 is 0. The zero-order chi connectivity index (χ0) is 19.0. The van der Waals surface area contributed by atoms with Crippen molar-refractivity contribution in [2.75, 3.05) is 29.9 Å². The lowest BCUT2D eigenvalue weighted by molar-refractivity contribution is -0.119. The van der Waals surface area contributed by atoms with E-state index in [0.29, 0.717) is 16.8 Å². The number of hydrogen-bond acceptors (Lipinski definition) is 5. The summed E-state index contributed by atoms with van der Waals surface area (Å²) in [5.74, 6) is 0.220. The topological polar surface area (TPSA) is 83.6 Å². The van der Waals surface area contributed by atoms with Crippen LogP contribution in [-0.4, -0.2) is 42.7 Å². The molecule has 0 bridgehead atoms. The number of aromatic nitrogens is 1. The monoisotopic (exact) mass is 406 g/mol. The molecule has 2 aliphatic heterocycles. The van der Waals surface area contributed by atoms with E-state index < -0.39 is 18.0 Å². The molecule has 0 unspecified atom stereocenters. The fourth-order valence-electron chi connectivity index (χ4n) is 3.33. The predicted molar refractivity (Wildman–Crippen MR) is 105 cm³/mol. The van der Waals surface area contributed by atoms with Gasteiger partial charge in [0.1, 0.15) is 17.7 Å². The van der Waals surface area contributed by atoms with E-state index in [2.05, 4.69) is 15.6 Å². The molecule has 1 aromatic heterocycles. The van der Waals surface area contributed by atoms with Crippen LogP contribution in [0.4, 0.5) is 20.7 Å². The van der Waals surface area contributed by atoms with E-state index in [-0.39, 0.29) is 31.4 Å². The number of pyridine rings is 1. The summed E-state index contributed by atoms with van der Waals surface area (Å²) in [5, 5.41) is 5.79. The van der Waals surface area contributed by atoms with Gasteiger partial charge in [-0.1, -0.05) is 0 Å². The highest BCUT2D eigenvalue weighted by molar-refractivity contribution is 5.90. The minimum Gasteiger partial charge on any atom is -0.442 e. The summed E-state index contributed by atoms with van der Waals surface area (Å²) in [5.41, 5.74) is 2.62. The molecule has 28 heavy (non-hydrogen) atoms. The SMILES string of the molecule is CC(=O)NC[C@H]1CN(c2ccc(-c3cnc4c(c3)CCN4)c(F)c2)C(=O)O1.Cl. The lowest BCUT2D eigenvalue weighted by atomic mass is 10.0. The molecule has 2 N–H and O–H groups in total. The molecule has 0 saturated carbocycles. The molecule has 1 atom stereocenters. The Kier molecular flexibility index (Phi) is 5.69. The molecule has 1 aromatic carbocycles. The molecule has 7 nitrogen and oxygen atoms in total. The number of amides is 2. The second kappa shape index (κ2) is 8.02. The highest BCUT2D eigenvalue weighted by atomic mass is 35.5. The quantitative estimate of drug-likeness (QED) is 0.815. The summed E-state index contributed by atoms with van der Waals surface area (Å²) in [6, 6.07) is 6.59. The molecular weight excluding hydrogens is 387 g/mol. The molecule has 2 aromatic rings. The van der Waals surface area contributed by atoms with E-state index in [1.54, 1.807) is 18.3 Å². The van der Waals surface area contributed by atoms with Crippen LogP contribution >= 0.6 is 12.4 Å². The number of nitrogens with zero attached hydrogens (tertiary/aromatic N) is 2. The number of anilines is 2. The van der Waals surface area contributed by atoms with Gasteiger partial charge in [0.2, 0.25) is 5.91 Å². The number of halogens is 2. The standard InChI is InChI=1S/C19H19FN4O3.ClH/c1-11(25)22-9-15-10-24(19(26)27-15)14-2-3-16(17(20)7-14)13-6-12-4-5-21-18(12)23-8-13;/h2-3,6-8,15H,4-5,9-10H2,1H3,(H,21,23)(H,22,25);1H/t15-;/m0./s1. The van der Waals surface area contributed by atoms with E-state index in [0.717, 1.165) is 24.3 Å². The van der Waals surface area contributed by atoms with Gasteiger partial charge in [-0.3, -0.25) is 9.69 Å². The van der Waals surface area contributed by atoms with Gasteiger partial charge in [-0.25, -0.2) is 14.2 Å². The third-order valence-corrected chi connectivity index (χ3v) is 4.68. The maximum absolute atomic E-state index is 14.7. The van der Waals surface area contributed by atoms with Crippen LogP contribution in [0.5, 0.6) is 0 Å². The van der Waals surface area contributed by atoms with Crippen LogP contribution < -0.4 is 15.5 Å². The lowest BCUT2D eigenvalue weighted by Crippen LogP contribution is -2.33. The Hall–Kier alpha value is -2.87. The zero-order valence-corrected chi connectivity index (χ0v) is 16.0. The number of ether oxygens (including phenoxy) is 1. The Labute approximate surface area is 167 Å². The maximum Gasteiger partial charge on any atom is 0.414 e. The minimum absolute atomic E-state index is 0. The first-order valence-corrected chi connectivity index (χ1v) is 8.76. The van der Waals surface area contributed by atoms with Crippen molar-refractivity contribution in [3.8, 4) is 11.1 Å². The smallest absolute Gasteiger partial charge is 0.414 e. The van der Waals surface area contributed by atoms with Gasteiger partial charge >= 0.3 is 6.09 Å². The number of rotatable bonds is 4. The third kappa shape index (κ3) is 3.87. The molecule has 2 aliphatic rings. The molecule has 3 heterocycles. The normalized spacial score (nSPS) is 17.4. The van der Waals surface area contributed by atoms with Gasteiger partial charge in [-0.05, 0) is 36.2 Å². The second-order valence-corrected chi connectivity index (χ2v) is 6.63. The van der Waals surface area contributed by atoms with Crippen molar-refractivity contribution >= 4 is 35.9 Å². The molecule has 0 spiro atoms. The van der Waals surface area contributed by atoms with E-state index in [1.165, 1.54) is 17.9 Å². The summed E-state index contributed by atoms with van der Waals surface area (Å²) in [7, 11) is 0. The lowest BCUT2D eigenvalue weighted by Gasteiger charge is -2.14. The number of benzene rings is 1. The van der Waals surface area contributed by atoms with Crippen LogP contribution in [0, 0.1) is 5.82 Å². The summed E-state index contributed by atoms with van der Waals surface area (Å²) < 4.78 is 20.0. The fourth-order valence-corrected chi connectivity index (χ4v) is 3.33. The van der Waals surface area contributed by atoms with Gasteiger partial charge < -0.3 is 15.4 Å². The van der Waals surface area contributed by atoms with Gasteiger partial charge in [-0.15, -0.1) is 12.4 Å². The van der Waals surface area contributed by atoms with Crippen molar-refractivity contribution in [3.63, 3.8) is 0 Å². The van der Waals surface area contributed by atoms with Crippen LogP contribution in [0.25, 0.3) is 11.1 Å². The fraction of sp³-hybridized carbons (Fsp3) is 0.316. The molecule has 0 radical (unpaired) electrons. The first-order chi connectivity index (χ1) is 13.0. The van der Waals surface area contributed by atoms with E-state index in [9.17, 15) is 14.0 Å². The van der Waals surface area contributed by atoms with E-state index >= 15 is 0 Å². The number of carbonyl (C=O) groups is 2. The Morgan fingerprint density at radius 1 is 1.43 bits per heavy atom. The number of hydrogen-bond donors (Lipinski definition) is 2. The van der Waals surface area contributed by atoms with Crippen LogP contribution in [-0.2, 0) is 16.0 Å². The summed E-state index contributed by atoms with van der Waals surface area (Å²) in [6.45, 7) is 2.72. The van der Waals surface area contributed by atoms with Gasteiger partial charge in [0.25, 0.3) is 0 Å². The Morgan fingerprint density at radius 2 is 2.25 bits per heavy atom. The molecule has 1 saturated heterocycles. The molecule has 0 aliphatic carbocycles. The largest absolute Gasteiger partial charge is 0.442 e. The molecule has 148 valence electrons. The Balaban J connectivity index is 0.00000225. The second-order valence-electron chi connectivity index (χ2n) is 6.63. The van der Waals surface area contributed by atoms with Gasteiger partial charge in [0, 0.05) is 30.8 Å². The average molecular weight is 407 g/mol. The Morgan fingerprint density at radius 3 is 3.00 bits per heavy atom. The summed E-state index contributed by atoms with van der Waals surface area (Å²) in [6.07, 6.45) is 1.49. The Bertz CT molecular complexity index is 924. The third-order valence-electron chi connectivity index (χ3n) is 4.68. The van der Waals surface area contributed by atoms with Crippen molar-refractivity contribution in [3.05, 3.63) is 41.8 Å². The highest BCUT2D eigenvalue weighted by Crippen LogP contribution is 2.31. The molecule has 2 amide bonds. The van der Waals surface area contributed by atoms with E-state index in [4.69, 9.17) is 4.74 Å². The average Bonchev–Trinajstić information content (AvgIpc) is 3.25. The first-order valence-electron chi connectivity index (χ1n) is 8.76. The summed E-state index contributed by atoms with van der Waals surface area (Å²) in [4.78, 5) is 28.8. The number of carbonyl (C=O) groups excluding carboxylic acids is 2. The molecular formula is C19H20ClFN4O3. The zero-order valence-electron chi connectivity index (χ0n) is 15.2. The van der Waals surface area contributed by atoms with Crippen molar-refractivity contribution in [2.24, 2.45) is 0 Å². The van der Waals surface area contributed by atoms with Crippen molar-refractivity contribution in [2.45, 2.75) is 19.4 Å². The number of nitrogens with one attached hydrogen (secondary N) is 2. The van der Waals surface area contributed by atoms with Crippen molar-refractivity contribution < 1.29 is 18.7 Å². The number of cyclic esters (lactones) is 1. The van der Waals surface area contributed by atoms with E-state index in [1.807, 2.05) is 6.07 Å². The van der Waals surface area contributed by atoms with Crippen LogP contribution in [0.15, 0.2) is 30.5 Å². The van der Waals surface area contributed by atoms with Gasteiger partial charge in [0.15, 0.2) is 0 Å². The van der Waals surface area contributed by atoms with Crippen LogP contribution in [0.2, 0.25) is 0 Å². The van der Waals surface area contributed by atoms with Crippen LogP contribution in [0.1, 0.15) is 12.5 Å². The highest BCUT2D eigenvalue weighted by Gasteiger charge is 2.32. The minimum atomic E-state index is -0.553. The van der Waals surface area contributed by atoms with Gasteiger partial charge in [0.05, 0.1) is 18.8 Å². The maximum atomic E-state index is 14.7. The predicted octanol–water partition coefficient (Wildman–Crippen LogP) is 2.74. The first kappa shape index (κ1) is 19.9. The molecule has 1 fully saturated rings.